The maximum absolute atomic E-state index is 12.2. The summed E-state index contributed by atoms with van der Waals surface area (Å²) in [4.78, 5) is 14.0. The molecular formula is C13H26N2O2. The smallest absolute Gasteiger partial charge is 0.410 e. The number of hydrogen-bond acceptors (Lipinski definition) is 3. The molecule has 17 heavy (non-hydrogen) atoms. The van der Waals surface area contributed by atoms with E-state index >= 15 is 0 Å². The average molecular weight is 242 g/mol. The van der Waals surface area contributed by atoms with Crippen LogP contribution in [0.15, 0.2) is 0 Å². The third-order valence-electron chi connectivity index (χ3n) is 3.30. The summed E-state index contributed by atoms with van der Waals surface area (Å²) in [5.41, 5.74) is 5.15. The van der Waals surface area contributed by atoms with Gasteiger partial charge in [0.2, 0.25) is 0 Å². The maximum Gasteiger partial charge on any atom is 0.410 e. The van der Waals surface area contributed by atoms with Gasteiger partial charge in [-0.05, 0) is 40.5 Å². The Balaban J connectivity index is 2.79. The van der Waals surface area contributed by atoms with Crippen LogP contribution in [0.4, 0.5) is 4.79 Å². The summed E-state index contributed by atoms with van der Waals surface area (Å²) in [7, 11) is 0. The van der Waals surface area contributed by atoms with Crippen LogP contribution in [0.5, 0.6) is 0 Å². The maximum atomic E-state index is 12.2. The molecule has 1 amide bonds. The Hall–Kier alpha value is -0.770. The molecule has 2 N–H and O–H groups in total. The number of likely N-dealkylation sites (tertiary alicyclic amines) is 1. The molecule has 4 heteroatoms. The summed E-state index contributed by atoms with van der Waals surface area (Å²) in [6, 6.07) is 0. The highest BCUT2D eigenvalue weighted by Gasteiger charge is 2.37. The first kappa shape index (κ1) is 14.3. The van der Waals surface area contributed by atoms with Crippen molar-refractivity contribution in [2.45, 2.75) is 64.5 Å². The van der Waals surface area contributed by atoms with Crippen molar-refractivity contribution in [3.63, 3.8) is 0 Å². The molecule has 0 aromatic heterocycles. The SMILES string of the molecule is CC(C)(C)OC(=O)N1CCCCCC1(C)CN. The van der Waals surface area contributed by atoms with Crippen LogP contribution < -0.4 is 5.73 Å². The number of nitrogens with zero attached hydrogens (tertiary/aromatic N) is 1. The zero-order valence-electron chi connectivity index (χ0n) is 11.6. The minimum absolute atomic E-state index is 0.229. The van der Waals surface area contributed by atoms with Gasteiger partial charge in [0.1, 0.15) is 5.60 Å². The first-order valence-corrected chi connectivity index (χ1v) is 6.49. The highest BCUT2D eigenvalue weighted by molar-refractivity contribution is 5.69. The Morgan fingerprint density at radius 2 is 2.00 bits per heavy atom. The highest BCUT2D eigenvalue weighted by atomic mass is 16.6. The lowest BCUT2D eigenvalue weighted by atomic mass is 9.95. The fourth-order valence-electron chi connectivity index (χ4n) is 2.20. The van der Waals surface area contributed by atoms with Crippen LogP contribution in [0.1, 0.15) is 53.4 Å². The van der Waals surface area contributed by atoms with Crippen molar-refractivity contribution < 1.29 is 9.53 Å². The van der Waals surface area contributed by atoms with Crippen LogP contribution in [0.25, 0.3) is 0 Å². The van der Waals surface area contributed by atoms with Gasteiger partial charge < -0.3 is 15.4 Å². The van der Waals surface area contributed by atoms with Gasteiger partial charge in [-0.3, -0.25) is 0 Å². The van der Waals surface area contributed by atoms with E-state index in [0.29, 0.717) is 6.54 Å². The largest absolute Gasteiger partial charge is 0.444 e. The third-order valence-corrected chi connectivity index (χ3v) is 3.30. The predicted molar refractivity (Wildman–Crippen MR) is 68.9 cm³/mol. The number of carbonyl (C=O) groups is 1. The van der Waals surface area contributed by atoms with E-state index in [0.717, 1.165) is 32.2 Å². The van der Waals surface area contributed by atoms with Crippen LogP contribution in [-0.4, -0.2) is 35.2 Å². The van der Waals surface area contributed by atoms with Crippen molar-refractivity contribution in [2.75, 3.05) is 13.1 Å². The van der Waals surface area contributed by atoms with Gasteiger partial charge >= 0.3 is 6.09 Å². The minimum Gasteiger partial charge on any atom is -0.444 e. The first-order chi connectivity index (χ1) is 7.78. The second kappa shape index (κ2) is 5.25. The normalized spacial score (nSPS) is 26.5. The molecule has 1 atom stereocenters. The quantitative estimate of drug-likeness (QED) is 0.768. The lowest BCUT2D eigenvalue weighted by Crippen LogP contribution is -2.55. The number of ether oxygens (including phenoxy) is 1. The molecule has 1 rings (SSSR count). The van der Waals surface area contributed by atoms with Crippen molar-refractivity contribution in [3.8, 4) is 0 Å². The molecule has 0 saturated carbocycles. The average Bonchev–Trinajstić information content (AvgIpc) is 2.38. The Labute approximate surface area is 104 Å². The Morgan fingerprint density at radius 3 is 2.53 bits per heavy atom. The zero-order chi connectivity index (χ0) is 13.1. The van der Waals surface area contributed by atoms with Crippen molar-refractivity contribution >= 4 is 6.09 Å². The van der Waals surface area contributed by atoms with Crippen LogP contribution in [0.3, 0.4) is 0 Å². The van der Waals surface area contributed by atoms with Gasteiger partial charge in [-0.25, -0.2) is 4.79 Å². The van der Waals surface area contributed by atoms with E-state index in [-0.39, 0.29) is 11.6 Å². The van der Waals surface area contributed by atoms with Crippen molar-refractivity contribution in [2.24, 2.45) is 5.73 Å². The molecule has 0 spiro atoms. The molecule has 1 heterocycles. The van der Waals surface area contributed by atoms with Crippen LogP contribution in [-0.2, 0) is 4.74 Å². The van der Waals surface area contributed by atoms with E-state index in [2.05, 4.69) is 6.92 Å². The van der Waals surface area contributed by atoms with Crippen molar-refractivity contribution in [1.82, 2.24) is 4.90 Å². The standard InChI is InChI=1S/C13H26N2O2/c1-12(2,3)17-11(16)15-9-7-5-6-8-13(15,4)10-14/h5-10,14H2,1-4H3. The van der Waals surface area contributed by atoms with Crippen LogP contribution in [0, 0.1) is 0 Å². The van der Waals surface area contributed by atoms with Crippen molar-refractivity contribution in [1.29, 1.82) is 0 Å². The van der Waals surface area contributed by atoms with E-state index in [4.69, 9.17) is 10.5 Å². The predicted octanol–water partition coefficient (Wildman–Crippen LogP) is 2.51. The summed E-state index contributed by atoms with van der Waals surface area (Å²) in [5.74, 6) is 0. The van der Waals surface area contributed by atoms with Gasteiger partial charge in [0.15, 0.2) is 0 Å². The molecule has 1 saturated heterocycles. The zero-order valence-corrected chi connectivity index (χ0v) is 11.6. The molecular weight excluding hydrogens is 216 g/mol. The molecule has 4 nitrogen and oxygen atoms in total. The lowest BCUT2D eigenvalue weighted by Gasteiger charge is -2.39. The van der Waals surface area contributed by atoms with E-state index in [9.17, 15) is 4.79 Å². The molecule has 1 aliphatic heterocycles. The van der Waals surface area contributed by atoms with Crippen LogP contribution >= 0.6 is 0 Å². The Morgan fingerprint density at radius 1 is 1.35 bits per heavy atom. The van der Waals surface area contributed by atoms with Gasteiger partial charge in [-0.1, -0.05) is 12.8 Å². The van der Waals surface area contributed by atoms with Gasteiger partial charge in [-0.15, -0.1) is 0 Å². The summed E-state index contributed by atoms with van der Waals surface area (Å²) in [6.45, 7) is 8.98. The number of rotatable bonds is 1. The highest BCUT2D eigenvalue weighted by Crippen LogP contribution is 2.27. The summed E-state index contributed by atoms with van der Waals surface area (Å²) < 4.78 is 5.46. The molecule has 0 radical (unpaired) electrons. The van der Waals surface area contributed by atoms with E-state index in [1.165, 1.54) is 0 Å². The molecule has 0 aliphatic carbocycles. The molecule has 1 fully saturated rings. The fraction of sp³-hybridized carbons (Fsp3) is 0.923. The number of nitrogens with two attached hydrogens (primary N) is 1. The molecule has 1 unspecified atom stereocenters. The fourth-order valence-corrected chi connectivity index (χ4v) is 2.20. The summed E-state index contributed by atoms with van der Waals surface area (Å²) in [5, 5.41) is 0. The van der Waals surface area contributed by atoms with Gasteiger partial charge in [0.05, 0.1) is 5.54 Å². The Bertz CT molecular complexity index is 273. The number of amides is 1. The first-order valence-electron chi connectivity index (χ1n) is 6.49. The molecule has 0 bridgehead atoms. The Kier molecular flexibility index (Phi) is 4.42. The minimum atomic E-state index is -0.446. The van der Waals surface area contributed by atoms with Gasteiger partial charge in [0.25, 0.3) is 0 Å². The topological polar surface area (TPSA) is 55.6 Å². The monoisotopic (exact) mass is 242 g/mol. The van der Waals surface area contributed by atoms with E-state index in [1.807, 2.05) is 25.7 Å². The van der Waals surface area contributed by atoms with E-state index < -0.39 is 5.60 Å². The number of carbonyl (C=O) groups excluding carboxylic acids is 1. The second-order valence-corrected chi connectivity index (χ2v) is 6.14. The molecule has 1 aliphatic rings. The molecule has 0 aromatic rings. The second-order valence-electron chi connectivity index (χ2n) is 6.14. The summed E-state index contributed by atoms with van der Waals surface area (Å²) in [6.07, 6.45) is 4.06. The van der Waals surface area contributed by atoms with Gasteiger partial charge in [0, 0.05) is 13.1 Å². The van der Waals surface area contributed by atoms with E-state index in [1.54, 1.807) is 0 Å². The van der Waals surface area contributed by atoms with Crippen molar-refractivity contribution in [3.05, 3.63) is 0 Å². The van der Waals surface area contributed by atoms with Gasteiger partial charge in [-0.2, -0.15) is 0 Å². The third kappa shape index (κ3) is 3.87. The lowest BCUT2D eigenvalue weighted by molar-refractivity contribution is 0.00208. The summed E-state index contributed by atoms with van der Waals surface area (Å²) >= 11 is 0. The van der Waals surface area contributed by atoms with Crippen LogP contribution in [0.2, 0.25) is 0 Å². The number of hydrogen-bond donors (Lipinski definition) is 1. The molecule has 0 aromatic carbocycles. The molecule has 100 valence electrons.